The van der Waals surface area contributed by atoms with E-state index >= 15 is 0 Å². The molecular formula is C13H18N4S. The van der Waals surface area contributed by atoms with Crippen LogP contribution in [-0.2, 0) is 13.5 Å². The van der Waals surface area contributed by atoms with Crippen LogP contribution in [0.5, 0.6) is 0 Å². The maximum Gasteiger partial charge on any atom is 0.195 e. The molecule has 0 spiro atoms. The topological polar surface area (TPSA) is 56.7 Å². The number of rotatable bonds is 4. The quantitative estimate of drug-likeness (QED) is 0.917. The lowest BCUT2D eigenvalue weighted by molar-refractivity contribution is 0.737. The number of nitrogens with zero attached hydrogens (tertiary/aromatic N) is 3. The third kappa shape index (κ3) is 3.11. The van der Waals surface area contributed by atoms with Gasteiger partial charge in [0.1, 0.15) is 6.33 Å². The molecule has 1 unspecified atom stereocenters. The normalized spacial score (nSPS) is 12.7. The molecule has 0 bridgehead atoms. The lowest BCUT2D eigenvalue weighted by Crippen LogP contribution is -2.17. The summed E-state index contributed by atoms with van der Waals surface area (Å²) in [6, 6.07) is 6.66. The van der Waals surface area contributed by atoms with Crippen molar-refractivity contribution in [3.63, 3.8) is 0 Å². The Morgan fingerprint density at radius 2 is 2.22 bits per heavy atom. The maximum atomic E-state index is 5.82. The smallest absolute Gasteiger partial charge is 0.195 e. The second kappa shape index (κ2) is 5.54. The molecule has 0 aliphatic rings. The van der Waals surface area contributed by atoms with Crippen LogP contribution in [0.3, 0.4) is 0 Å². The third-order valence-corrected chi connectivity index (χ3v) is 3.90. The monoisotopic (exact) mass is 262 g/mol. The van der Waals surface area contributed by atoms with Gasteiger partial charge >= 0.3 is 0 Å². The standard InChI is InChI=1S/C13H18N4S/c1-9-6-11(7-10(2)14)4-5-12(9)18-13-16-15-8-17(13)3/h4-6,8,10H,7,14H2,1-3H3. The van der Waals surface area contributed by atoms with Crippen molar-refractivity contribution in [3.05, 3.63) is 35.7 Å². The minimum absolute atomic E-state index is 0.196. The van der Waals surface area contributed by atoms with Crippen molar-refractivity contribution in [2.24, 2.45) is 12.8 Å². The Labute approximate surface area is 112 Å². The molecule has 4 nitrogen and oxygen atoms in total. The van der Waals surface area contributed by atoms with Gasteiger partial charge in [-0.25, -0.2) is 0 Å². The summed E-state index contributed by atoms with van der Waals surface area (Å²) in [4.78, 5) is 1.21. The van der Waals surface area contributed by atoms with Crippen LogP contribution >= 0.6 is 11.8 Å². The first-order valence-corrected chi connectivity index (χ1v) is 6.75. The van der Waals surface area contributed by atoms with E-state index < -0.39 is 0 Å². The molecule has 0 aliphatic heterocycles. The van der Waals surface area contributed by atoms with E-state index in [1.807, 2.05) is 18.5 Å². The Hall–Kier alpha value is -1.33. The van der Waals surface area contributed by atoms with Crippen molar-refractivity contribution in [2.75, 3.05) is 0 Å². The Morgan fingerprint density at radius 1 is 1.44 bits per heavy atom. The number of hydrogen-bond donors (Lipinski definition) is 1. The summed E-state index contributed by atoms with van der Waals surface area (Å²) in [6.07, 6.45) is 2.62. The molecule has 5 heteroatoms. The van der Waals surface area contributed by atoms with Crippen LogP contribution < -0.4 is 5.73 Å². The number of aromatic nitrogens is 3. The highest BCUT2D eigenvalue weighted by Crippen LogP contribution is 2.28. The minimum Gasteiger partial charge on any atom is -0.328 e. The Bertz CT molecular complexity index is 534. The van der Waals surface area contributed by atoms with Crippen LogP contribution in [0.25, 0.3) is 0 Å². The molecule has 96 valence electrons. The zero-order valence-corrected chi connectivity index (χ0v) is 11.7. The van der Waals surface area contributed by atoms with Crippen molar-refractivity contribution in [1.82, 2.24) is 14.8 Å². The van der Waals surface area contributed by atoms with Gasteiger partial charge in [-0.05, 0) is 49.2 Å². The highest BCUT2D eigenvalue weighted by atomic mass is 32.2. The van der Waals surface area contributed by atoms with Crippen molar-refractivity contribution in [1.29, 1.82) is 0 Å². The molecule has 2 N–H and O–H groups in total. The van der Waals surface area contributed by atoms with Crippen LogP contribution in [0.4, 0.5) is 0 Å². The molecule has 18 heavy (non-hydrogen) atoms. The van der Waals surface area contributed by atoms with E-state index in [0.717, 1.165) is 11.6 Å². The lowest BCUT2D eigenvalue weighted by atomic mass is 10.1. The molecule has 1 aromatic carbocycles. The Kier molecular flexibility index (Phi) is 4.04. The molecule has 1 atom stereocenters. The average molecular weight is 262 g/mol. The van der Waals surface area contributed by atoms with Crippen LogP contribution in [0.15, 0.2) is 34.6 Å². The van der Waals surface area contributed by atoms with Crippen LogP contribution in [0.2, 0.25) is 0 Å². The van der Waals surface area contributed by atoms with Crippen molar-refractivity contribution in [3.8, 4) is 0 Å². The summed E-state index contributed by atoms with van der Waals surface area (Å²) in [5.74, 6) is 0. The fourth-order valence-corrected chi connectivity index (χ4v) is 2.62. The van der Waals surface area contributed by atoms with E-state index in [4.69, 9.17) is 5.73 Å². The lowest BCUT2D eigenvalue weighted by Gasteiger charge is -2.09. The van der Waals surface area contributed by atoms with Gasteiger partial charge in [0.05, 0.1) is 0 Å². The molecule has 0 fully saturated rings. The van der Waals surface area contributed by atoms with E-state index in [1.54, 1.807) is 18.1 Å². The molecule has 2 aromatic rings. The molecule has 1 aromatic heterocycles. The second-order valence-corrected chi connectivity index (χ2v) is 5.62. The fourth-order valence-electron chi connectivity index (χ4n) is 1.79. The predicted molar refractivity (Wildman–Crippen MR) is 73.7 cm³/mol. The minimum atomic E-state index is 0.196. The van der Waals surface area contributed by atoms with Gasteiger partial charge in [-0.3, -0.25) is 0 Å². The van der Waals surface area contributed by atoms with Gasteiger partial charge < -0.3 is 10.3 Å². The molecule has 2 rings (SSSR count). The van der Waals surface area contributed by atoms with Crippen LogP contribution in [0, 0.1) is 6.92 Å². The summed E-state index contributed by atoms with van der Waals surface area (Å²) < 4.78 is 1.92. The van der Waals surface area contributed by atoms with Crippen LogP contribution in [-0.4, -0.2) is 20.8 Å². The summed E-state index contributed by atoms with van der Waals surface area (Å²) in [5, 5.41) is 8.86. The number of nitrogens with two attached hydrogens (primary N) is 1. The molecule has 0 amide bonds. The predicted octanol–water partition coefficient (Wildman–Crippen LogP) is 2.16. The van der Waals surface area contributed by atoms with E-state index in [0.29, 0.717) is 0 Å². The molecule has 0 saturated heterocycles. The molecule has 0 saturated carbocycles. The van der Waals surface area contributed by atoms with Gasteiger partial charge in [0, 0.05) is 18.0 Å². The molecular weight excluding hydrogens is 244 g/mol. The zero-order chi connectivity index (χ0) is 13.1. The van der Waals surface area contributed by atoms with Crippen LogP contribution in [0.1, 0.15) is 18.1 Å². The van der Waals surface area contributed by atoms with E-state index in [2.05, 4.69) is 35.3 Å². The van der Waals surface area contributed by atoms with Gasteiger partial charge in [0.25, 0.3) is 0 Å². The maximum absolute atomic E-state index is 5.82. The Balaban J connectivity index is 2.17. The summed E-state index contributed by atoms with van der Waals surface area (Å²) in [5.41, 5.74) is 8.35. The Morgan fingerprint density at radius 3 is 2.78 bits per heavy atom. The first kappa shape index (κ1) is 13.1. The number of aryl methyl sites for hydroxylation is 2. The molecule has 0 aliphatic carbocycles. The second-order valence-electron chi connectivity index (χ2n) is 4.61. The van der Waals surface area contributed by atoms with Crippen molar-refractivity contribution < 1.29 is 0 Å². The third-order valence-electron chi connectivity index (χ3n) is 2.67. The van der Waals surface area contributed by atoms with E-state index in [-0.39, 0.29) is 6.04 Å². The number of benzene rings is 1. The summed E-state index contributed by atoms with van der Waals surface area (Å²) in [6.45, 7) is 4.14. The fraction of sp³-hybridized carbons (Fsp3) is 0.385. The zero-order valence-electron chi connectivity index (χ0n) is 10.9. The first-order valence-electron chi connectivity index (χ1n) is 5.93. The largest absolute Gasteiger partial charge is 0.328 e. The molecule has 1 heterocycles. The van der Waals surface area contributed by atoms with Crippen molar-refractivity contribution >= 4 is 11.8 Å². The first-order chi connectivity index (χ1) is 8.56. The van der Waals surface area contributed by atoms with Gasteiger partial charge in [-0.1, -0.05) is 12.1 Å². The van der Waals surface area contributed by atoms with Crippen molar-refractivity contribution in [2.45, 2.75) is 36.4 Å². The highest BCUT2D eigenvalue weighted by Gasteiger charge is 2.07. The molecule has 0 radical (unpaired) electrons. The van der Waals surface area contributed by atoms with Gasteiger partial charge in [0.2, 0.25) is 0 Å². The van der Waals surface area contributed by atoms with E-state index in [1.165, 1.54) is 16.0 Å². The summed E-state index contributed by atoms with van der Waals surface area (Å²) in [7, 11) is 1.95. The highest BCUT2D eigenvalue weighted by molar-refractivity contribution is 7.99. The SMILES string of the molecule is Cc1cc(CC(C)N)ccc1Sc1nncn1C. The average Bonchev–Trinajstić information content (AvgIpc) is 2.67. The van der Waals surface area contributed by atoms with Gasteiger partial charge in [0.15, 0.2) is 5.16 Å². The van der Waals surface area contributed by atoms with Gasteiger partial charge in [-0.15, -0.1) is 10.2 Å². The van der Waals surface area contributed by atoms with E-state index in [9.17, 15) is 0 Å². The summed E-state index contributed by atoms with van der Waals surface area (Å²) >= 11 is 1.63. The number of hydrogen-bond acceptors (Lipinski definition) is 4. The van der Waals surface area contributed by atoms with Gasteiger partial charge in [-0.2, -0.15) is 0 Å².